The van der Waals surface area contributed by atoms with Crippen molar-refractivity contribution >= 4 is 28.9 Å². The lowest BCUT2D eigenvalue weighted by Gasteiger charge is -2.21. The van der Waals surface area contributed by atoms with Crippen LogP contribution in [0.15, 0.2) is 12.1 Å². The third kappa shape index (κ3) is 3.02. The molecule has 1 aromatic carbocycles. The lowest BCUT2D eigenvalue weighted by molar-refractivity contribution is 0.0697. The van der Waals surface area contributed by atoms with Gasteiger partial charge in [0.15, 0.2) is 0 Å². The first-order chi connectivity index (χ1) is 7.97. The van der Waals surface area contributed by atoms with Gasteiger partial charge in [-0.15, -0.1) is 0 Å². The molecule has 0 saturated carbocycles. The Balaban J connectivity index is 3.21. The molecule has 5 nitrogen and oxygen atoms in total. The van der Waals surface area contributed by atoms with Crippen LogP contribution < -0.4 is 10.6 Å². The number of rotatable bonds is 4. The van der Waals surface area contributed by atoms with Gasteiger partial charge in [0.05, 0.1) is 28.8 Å². The molecule has 0 heterocycles. The van der Waals surface area contributed by atoms with E-state index in [1.165, 1.54) is 12.1 Å². The van der Waals surface area contributed by atoms with E-state index >= 15 is 0 Å². The van der Waals surface area contributed by atoms with Gasteiger partial charge in [-0.1, -0.05) is 11.6 Å². The quantitative estimate of drug-likeness (QED) is 0.801. The van der Waals surface area contributed by atoms with E-state index in [2.05, 4.69) is 0 Å². The SMILES string of the molecule is CN(CCC#N)c1c(Cl)cc(N)cc1C(=O)O. The summed E-state index contributed by atoms with van der Waals surface area (Å²) in [5, 5.41) is 17.9. The predicted molar refractivity (Wildman–Crippen MR) is 66.3 cm³/mol. The van der Waals surface area contributed by atoms with Crippen LogP contribution in [0.5, 0.6) is 0 Å². The van der Waals surface area contributed by atoms with Crippen LogP contribution in [0.2, 0.25) is 5.02 Å². The highest BCUT2D eigenvalue weighted by Crippen LogP contribution is 2.32. The Bertz CT molecular complexity index is 482. The van der Waals surface area contributed by atoms with Crippen LogP contribution in [0, 0.1) is 11.3 Å². The second-order valence-corrected chi connectivity index (χ2v) is 3.94. The van der Waals surface area contributed by atoms with Crippen LogP contribution in [0.4, 0.5) is 11.4 Å². The molecule has 1 rings (SSSR count). The summed E-state index contributed by atoms with van der Waals surface area (Å²) < 4.78 is 0. The Hall–Kier alpha value is -1.93. The number of nitrogens with two attached hydrogens (primary N) is 1. The molecule has 0 aromatic heterocycles. The molecule has 0 aliphatic rings. The van der Waals surface area contributed by atoms with E-state index in [1.807, 2.05) is 6.07 Å². The molecule has 1 aromatic rings. The van der Waals surface area contributed by atoms with E-state index in [-0.39, 0.29) is 17.0 Å². The van der Waals surface area contributed by atoms with Crippen LogP contribution in [0.3, 0.4) is 0 Å². The van der Waals surface area contributed by atoms with E-state index in [0.29, 0.717) is 17.9 Å². The summed E-state index contributed by atoms with van der Waals surface area (Å²) in [6, 6.07) is 4.84. The van der Waals surface area contributed by atoms with Gasteiger partial charge < -0.3 is 15.7 Å². The predicted octanol–water partition coefficient (Wildman–Crippen LogP) is 1.97. The van der Waals surface area contributed by atoms with Gasteiger partial charge in [0, 0.05) is 19.3 Å². The Morgan fingerprint density at radius 1 is 1.65 bits per heavy atom. The average molecular weight is 254 g/mol. The second kappa shape index (κ2) is 5.41. The zero-order valence-electron chi connectivity index (χ0n) is 9.27. The molecule has 0 saturated heterocycles. The number of carboxylic acids is 1. The van der Waals surface area contributed by atoms with Gasteiger partial charge in [-0.25, -0.2) is 4.79 Å². The van der Waals surface area contributed by atoms with Crippen molar-refractivity contribution < 1.29 is 9.90 Å². The Labute approximate surface area is 104 Å². The van der Waals surface area contributed by atoms with Gasteiger partial charge in [0.25, 0.3) is 0 Å². The van der Waals surface area contributed by atoms with Crippen LogP contribution in [0.25, 0.3) is 0 Å². The number of aromatic carboxylic acids is 1. The maximum Gasteiger partial charge on any atom is 0.337 e. The van der Waals surface area contributed by atoms with Crippen molar-refractivity contribution in [1.29, 1.82) is 5.26 Å². The Morgan fingerprint density at radius 2 is 2.29 bits per heavy atom. The number of halogens is 1. The summed E-state index contributed by atoms with van der Waals surface area (Å²) in [6.07, 6.45) is 0.288. The monoisotopic (exact) mass is 253 g/mol. The maximum absolute atomic E-state index is 11.1. The molecule has 3 N–H and O–H groups in total. The summed E-state index contributed by atoms with van der Waals surface area (Å²) in [5.74, 6) is -1.10. The normalized spacial score (nSPS) is 9.71. The zero-order valence-corrected chi connectivity index (χ0v) is 10.0. The highest BCUT2D eigenvalue weighted by molar-refractivity contribution is 6.34. The van der Waals surface area contributed by atoms with Crippen molar-refractivity contribution in [2.24, 2.45) is 0 Å². The van der Waals surface area contributed by atoms with Crippen molar-refractivity contribution in [3.63, 3.8) is 0 Å². The number of hydrogen-bond donors (Lipinski definition) is 2. The number of nitrogen functional groups attached to an aromatic ring is 1. The molecule has 0 spiro atoms. The molecule has 0 bridgehead atoms. The first-order valence-electron chi connectivity index (χ1n) is 4.87. The molecule has 0 atom stereocenters. The number of carbonyl (C=O) groups is 1. The zero-order chi connectivity index (χ0) is 13.0. The highest BCUT2D eigenvalue weighted by atomic mass is 35.5. The fourth-order valence-electron chi connectivity index (χ4n) is 1.50. The van der Waals surface area contributed by atoms with E-state index in [0.717, 1.165) is 0 Å². The lowest BCUT2D eigenvalue weighted by Crippen LogP contribution is -2.21. The highest BCUT2D eigenvalue weighted by Gasteiger charge is 2.17. The van der Waals surface area contributed by atoms with Crippen LogP contribution in [-0.4, -0.2) is 24.7 Å². The molecular weight excluding hydrogens is 242 g/mol. The standard InChI is InChI=1S/C11H12ClN3O2/c1-15(4-2-3-13)10-8(11(16)17)5-7(14)6-9(10)12/h5-6H,2,4,14H2,1H3,(H,16,17). The number of benzene rings is 1. The Kier molecular flexibility index (Phi) is 4.18. The van der Waals surface area contributed by atoms with Crippen LogP contribution in [0.1, 0.15) is 16.8 Å². The van der Waals surface area contributed by atoms with Gasteiger partial charge in [-0.3, -0.25) is 0 Å². The van der Waals surface area contributed by atoms with E-state index in [1.54, 1.807) is 11.9 Å². The van der Waals surface area contributed by atoms with Crippen molar-refractivity contribution in [2.75, 3.05) is 24.2 Å². The van der Waals surface area contributed by atoms with Crippen molar-refractivity contribution in [3.8, 4) is 6.07 Å². The van der Waals surface area contributed by atoms with E-state index < -0.39 is 5.97 Å². The molecule has 6 heteroatoms. The van der Waals surface area contributed by atoms with E-state index in [4.69, 9.17) is 27.7 Å². The van der Waals surface area contributed by atoms with Gasteiger partial charge in [0.2, 0.25) is 0 Å². The number of hydrogen-bond acceptors (Lipinski definition) is 4. The fourth-order valence-corrected chi connectivity index (χ4v) is 1.87. The third-order valence-corrected chi connectivity index (χ3v) is 2.54. The summed E-state index contributed by atoms with van der Waals surface area (Å²) in [7, 11) is 1.68. The molecule has 0 unspecified atom stereocenters. The molecule has 0 radical (unpaired) electrons. The molecule has 17 heavy (non-hydrogen) atoms. The largest absolute Gasteiger partial charge is 0.478 e. The molecule has 90 valence electrons. The van der Waals surface area contributed by atoms with Gasteiger partial charge in [-0.2, -0.15) is 5.26 Å². The van der Waals surface area contributed by atoms with Crippen molar-refractivity contribution in [2.45, 2.75) is 6.42 Å². The number of nitrogens with zero attached hydrogens (tertiary/aromatic N) is 2. The molecule has 0 aliphatic heterocycles. The average Bonchev–Trinajstić information content (AvgIpc) is 2.24. The minimum Gasteiger partial charge on any atom is -0.478 e. The fraction of sp³-hybridized carbons (Fsp3) is 0.273. The Morgan fingerprint density at radius 3 is 2.82 bits per heavy atom. The summed E-state index contributed by atoms with van der Waals surface area (Å²) in [4.78, 5) is 12.7. The van der Waals surface area contributed by atoms with Crippen LogP contribution in [-0.2, 0) is 0 Å². The minimum absolute atomic E-state index is 0.0374. The molecular formula is C11H12ClN3O2. The molecule has 0 fully saturated rings. The summed E-state index contributed by atoms with van der Waals surface area (Å²) >= 11 is 5.98. The summed E-state index contributed by atoms with van der Waals surface area (Å²) in [6.45, 7) is 0.403. The lowest BCUT2D eigenvalue weighted by atomic mass is 10.1. The smallest absolute Gasteiger partial charge is 0.337 e. The summed E-state index contributed by atoms with van der Waals surface area (Å²) in [5.41, 5.74) is 6.26. The number of anilines is 2. The minimum atomic E-state index is -1.10. The number of nitriles is 1. The maximum atomic E-state index is 11.1. The first-order valence-corrected chi connectivity index (χ1v) is 5.25. The molecule has 0 aliphatic carbocycles. The van der Waals surface area contributed by atoms with Crippen LogP contribution >= 0.6 is 11.6 Å². The topological polar surface area (TPSA) is 90.4 Å². The molecule has 0 amide bonds. The first kappa shape index (κ1) is 13.1. The van der Waals surface area contributed by atoms with Gasteiger partial charge in [0.1, 0.15) is 0 Å². The van der Waals surface area contributed by atoms with Gasteiger partial charge in [-0.05, 0) is 12.1 Å². The van der Waals surface area contributed by atoms with Gasteiger partial charge >= 0.3 is 5.97 Å². The van der Waals surface area contributed by atoms with Crippen molar-refractivity contribution in [1.82, 2.24) is 0 Å². The number of carboxylic acid groups (broad SMARTS) is 1. The third-order valence-electron chi connectivity index (χ3n) is 2.26. The second-order valence-electron chi connectivity index (χ2n) is 3.53. The van der Waals surface area contributed by atoms with Crippen molar-refractivity contribution in [3.05, 3.63) is 22.7 Å². The van der Waals surface area contributed by atoms with E-state index in [9.17, 15) is 4.79 Å².